The van der Waals surface area contributed by atoms with E-state index in [2.05, 4.69) is 9.44 Å². The predicted octanol–water partition coefficient (Wildman–Crippen LogP) is -0.266. The molecule has 0 aromatic heterocycles. The van der Waals surface area contributed by atoms with Crippen LogP contribution in [-0.4, -0.2) is 34.5 Å². The van der Waals surface area contributed by atoms with Crippen LogP contribution in [0.1, 0.15) is 11.6 Å². The summed E-state index contributed by atoms with van der Waals surface area (Å²) < 4.78 is 32.9. The lowest BCUT2D eigenvalue weighted by molar-refractivity contribution is 0.204. The largest absolute Gasteiger partial charge is 0.386 e. The molecule has 1 aromatic carbocycles. The third-order valence-electron chi connectivity index (χ3n) is 2.32. The summed E-state index contributed by atoms with van der Waals surface area (Å²) in [5, 5.41) is 7.48. The molecule has 0 bridgehead atoms. The van der Waals surface area contributed by atoms with Crippen molar-refractivity contribution in [3.8, 4) is 0 Å². The Kier molecular flexibility index (Phi) is 5.90. The van der Waals surface area contributed by atoms with Crippen molar-refractivity contribution in [3.63, 3.8) is 0 Å². The second kappa shape index (κ2) is 7.19. The van der Waals surface area contributed by atoms with E-state index in [0.717, 1.165) is 0 Å². The van der Waals surface area contributed by atoms with Gasteiger partial charge in [0.1, 0.15) is 11.9 Å². The average molecular weight is 286 g/mol. The molecule has 0 amide bonds. The normalized spacial score (nSPS) is 13.1. The summed E-state index contributed by atoms with van der Waals surface area (Å²) >= 11 is 0. The van der Waals surface area contributed by atoms with Crippen LogP contribution in [0.3, 0.4) is 0 Å². The number of hydrogen-bond acceptors (Lipinski definition) is 4. The zero-order valence-electron chi connectivity index (χ0n) is 10.6. The Morgan fingerprint density at radius 3 is 2.58 bits per heavy atom. The average Bonchev–Trinajstić information content (AvgIpc) is 2.37. The van der Waals surface area contributed by atoms with Gasteiger partial charge < -0.3 is 10.5 Å². The highest BCUT2D eigenvalue weighted by atomic mass is 32.2. The number of ether oxygens (including phenoxy) is 1. The van der Waals surface area contributed by atoms with Crippen LogP contribution in [-0.2, 0) is 14.9 Å². The van der Waals surface area contributed by atoms with E-state index in [1.807, 2.05) is 0 Å². The first-order valence-corrected chi connectivity index (χ1v) is 7.09. The number of rotatable bonds is 8. The van der Waals surface area contributed by atoms with Crippen molar-refractivity contribution >= 4 is 16.0 Å². The van der Waals surface area contributed by atoms with Crippen LogP contribution in [0.5, 0.6) is 0 Å². The van der Waals surface area contributed by atoms with Crippen LogP contribution in [0.15, 0.2) is 30.3 Å². The third kappa shape index (κ3) is 5.35. The van der Waals surface area contributed by atoms with Gasteiger partial charge in [0.05, 0.1) is 6.61 Å². The Hall–Kier alpha value is -1.48. The SMILES string of the molecule is COCCNS(=O)(=O)NC(C(=N)N)c1ccccc1. The van der Waals surface area contributed by atoms with E-state index in [-0.39, 0.29) is 19.0 Å². The molecule has 0 radical (unpaired) electrons. The third-order valence-corrected chi connectivity index (χ3v) is 3.45. The van der Waals surface area contributed by atoms with Crippen LogP contribution >= 0.6 is 0 Å². The highest BCUT2D eigenvalue weighted by Gasteiger charge is 2.21. The van der Waals surface area contributed by atoms with Crippen molar-refractivity contribution < 1.29 is 13.2 Å². The molecule has 1 unspecified atom stereocenters. The molecule has 1 atom stereocenters. The minimum Gasteiger partial charge on any atom is -0.386 e. The van der Waals surface area contributed by atoms with Crippen molar-refractivity contribution in [2.45, 2.75) is 6.04 Å². The molecule has 1 rings (SSSR count). The molecule has 0 saturated carbocycles. The fourth-order valence-corrected chi connectivity index (χ4v) is 2.44. The molecule has 0 fully saturated rings. The van der Waals surface area contributed by atoms with Crippen LogP contribution in [0.25, 0.3) is 0 Å². The van der Waals surface area contributed by atoms with Gasteiger partial charge in [-0.05, 0) is 5.56 Å². The lowest BCUT2D eigenvalue weighted by Crippen LogP contribution is -2.44. The summed E-state index contributed by atoms with van der Waals surface area (Å²) in [7, 11) is -2.27. The van der Waals surface area contributed by atoms with Crippen molar-refractivity contribution in [2.24, 2.45) is 5.73 Å². The maximum atomic E-state index is 11.8. The maximum absolute atomic E-state index is 11.8. The number of nitrogens with two attached hydrogens (primary N) is 1. The molecule has 0 aliphatic carbocycles. The van der Waals surface area contributed by atoms with Gasteiger partial charge in [0.2, 0.25) is 0 Å². The predicted molar refractivity (Wildman–Crippen MR) is 73.0 cm³/mol. The standard InChI is InChI=1S/C11H18N4O3S/c1-18-8-7-14-19(16,17)15-10(11(12)13)9-5-3-2-4-6-9/h2-6,10,14-15H,7-8H2,1H3,(H3,12,13). The lowest BCUT2D eigenvalue weighted by atomic mass is 10.1. The van der Waals surface area contributed by atoms with Crippen molar-refractivity contribution in [2.75, 3.05) is 20.3 Å². The van der Waals surface area contributed by atoms with Crippen LogP contribution in [0.2, 0.25) is 0 Å². The molecule has 8 heteroatoms. The second-order valence-corrected chi connectivity index (χ2v) is 5.34. The van der Waals surface area contributed by atoms with Gasteiger partial charge in [0.15, 0.2) is 0 Å². The number of nitrogens with one attached hydrogen (secondary N) is 3. The number of benzene rings is 1. The van der Waals surface area contributed by atoms with E-state index in [9.17, 15) is 8.42 Å². The van der Waals surface area contributed by atoms with Crippen LogP contribution in [0.4, 0.5) is 0 Å². The van der Waals surface area contributed by atoms with Gasteiger partial charge in [-0.15, -0.1) is 0 Å². The molecule has 0 heterocycles. The van der Waals surface area contributed by atoms with Gasteiger partial charge in [-0.2, -0.15) is 17.9 Å². The second-order valence-electron chi connectivity index (χ2n) is 3.81. The molecule has 0 aliphatic heterocycles. The lowest BCUT2D eigenvalue weighted by Gasteiger charge is -2.18. The molecule has 7 nitrogen and oxygen atoms in total. The van der Waals surface area contributed by atoms with Crippen molar-refractivity contribution in [1.29, 1.82) is 5.41 Å². The molecular weight excluding hydrogens is 268 g/mol. The van der Waals surface area contributed by atoms with E-state index in [0.29, 0.717) is 5.56 Å². The molecular formula is C11H18N4O3S. The van der Waals surface area contributed by atoms with E-state index in [1.165, 1.54) is 7.11 Å². The highest BCUT2D eigenvalue weighted by Crippen LogP contribution is 2.12. The molecule has 1 aromatic rings. The van der Waals surface area contributed by atoms with Gasteiger partial charge in [-0.1, -0.05) is 30.3 Å². The van der Waals surface area contributed by atoms with Gasteiger partial charge in [0, 0.05) is 13.7 Å². The Morgan fingerprint density at radius 1 is 1.42 bits per heavy atom. The molecule has 0 saturated heterocycles. The van der Waals surface area contributed by atoms with Crippen molar-refractivity contribution in [1.82, 2.24) is 9.44 Å². The molecule has 106 valence electrons. The summed E-state index contributed by atoms with van der Waals surface area (Å²) in [6, 6.07) is 7.80. The first kappa shape index (κ1) is 15.6. The minimum atomic E-state index is -3.75. The van der Waals surface area contributed by atoms with Crippen LogP contribution < -0.4 is 15.2 Å². The Bertz CT molecular complexity index is 504. The Morgan fingerprint density at radius 2 is 2.05 bits per heavy atom. The highest BCUT2D eigenvalue weighted by molar-refractivity contribution is 7.87. The zero-order valence-corrected chi connectivity index (χ0v) is 11.4. The first-order chi connectivity index (χ1) is 8.96. The molecule has 19 heavy (non-hydrogen) atoms. The van der Waals surface area contributed by atoms with Gasteiger partial charge in [-0.25, -0.2) is 0 Å². The van der Waals surface area contributed by atoms with Crippen LogP contribution in [0, 0.1) is 5.41 Å². The summed E-state index contributed by atoms with van der Waals surface area (Å²) in [5.41, 5.74) is 6.04. The summed E-state index contributed by atoms with van der Waals surface area (Å²) in [5.74, 6) is -0.275. The number of hydrogen-bond donors (Lipinski definition) is 4. The van der Waals surface area contributed by atoms with E-state index >= 15 is 0 Å². The van der Waals surface area contributed by atoms with E-state index in [4.69, 9.17) is 15.9 Å². The van der Waals surface area contributed by atoms with E-state index in [1.54, 1.807) is 30.3 Å². The number of amidine groups is 1. The summed E-state index contributed by atoms with van der Waals surface area (Å²) in [6.07, 6.45) is 0. The van der Waals surface area contributed by atoms with Gasteiger partial charge in [-0.3, -0.25) is 5.41 Å². The monoisotopic (exact) mass is 286 g/mol. The minimum absolute atomic E-state index is 0.144. The fourth-order valence-electron chi connectivity index (χ4n) is 1.43. The Balaban J connectivity index is 2.77. The quantitative estimate of drug-likeness (QED) is 0.299. The van der Waals surface area contributed by atoms with Gasteiger partial charge >= 0.3 is 0 Å². The maximum Gasteiger partial charge on any atom is 0.277 e. The topological polar surface area (TPSA) is 117 Å². The Labute approximate surface area is 112 Å². The number of methoxy groups -OCH3 is 1. The van der Waals surface area contributed by atoms with Crippen molar-refractivity contribution in [3.05, 3.63) is 35.9 Å². The molecule has 0 aliphatic rings. The zero-order chi connectivity index (χ0) is 14.3. The van der Waals surface area contributed by atoms with Gasteiger partial charge in [0.25, 0.3) is 10.2 Å². The smallest absolute Gasteiger partial charge is 0.277 e. The molecule has 5 N–H and O–H groups in total. The summed E-state index contributed by atoms with van der Waals surface area (Å²) in [4.78, 5) is 0. The first-order valence-electron chi connectivity index (χ1n) is 5.61. The fraction of sp³-hybridized carbons (Fsp3) is 0.364. The van der Waals surface area contributed by atoms with E-state index < -0.39 is 16.3 Å². The summed E-state index contributed by atoms with van der Waals surface area (Å²) in [6.45, 7) is 0.405. The molecule has 0 spiro atoms.